The Morgan fingerprint density at radius 3 is 2.89 bits per heavy atom. The molecule has 3 nitrogen and oxygen atoms in total. The van der Waals surface area contributed by atoms with Crippen molar-refractivity contribution >= 4 is 11.7 Å². The molecule has 1 heterocycles. The second-order valence-electron chi connectivity index (χ2n) is 5.36. The predicted octanol–water partition coefficient (Wildman–Crippen LogP) is 2.84. The summed E-state index contributed by atoms with van der Waals surface area (Å²) in [6, 6.07) is 3.81. The van der Waals surface area contributed by atoms with Gasteiger partial charge >= 0.3 is 5.97 Å². The summed E-state index contributed by atoms with van der Waals surface area (Å²) in [6.07, 6.45) is 5.12. The second-order valence-corrected chi connectivity index (χ2v) is 5.36. The van der Waals surface area contributed by atoms with Crippen LogP contribution in [0, 0.1) is 19.8 Å². The molecule has 0 radical (unpaired) electrons. The van der Waals surface area contributed by atoms with Crippen LogP contribution in [0.25, 0.3) is 0 Å². The van der Waals surface area contributed by atoms with E-state index in [-0.39, 0.29) is 11.8 Å². The Labute approximate surface area is 107 Å². The van der Waals surface area contributed by atoms with Gasteiger partial charge in [-0.2, -0.15) is 0 Å². The zero-order chi connectivity index (χ0) is 12.9. The van der Waals surface area contributed by atoms with E-state index in [1.54, 1.807) is 0 Å². The number of hydrogen-bond donors (Lipinski definition) is 2. The molecule has 0 saturated carbocycles. The lowest BCUT2D eigenvalue weighted by molar-refractivity contribution is -0.139. The molecule has 0 fully saturated rings. The van der Waals surface area contributed by atoms with Crippen LogP contribution in [0.3, 0.4) is 0 Å². The molecule has 0 amide bonds. The predicted molar refractivity (Wildman–Crippen MR) is 71.0 cm³/mol. The van der Waals surface area contributed by atoms with E-state index in [4.69, 9.17) is 0 Å². The highest BCUT2D eigenvalue weighted by molar-refractivity contribution is 5.81. The molecule has 1 aliphatic carbocycles. The van der Waals surface area contributed by atoms with Crippen LogP contribution in [0.15, 0.2) is 24.3 Å². The lowest BCUT2D eigenvalue weighted by Crippen LogP contribution is -2.42. The fourth-order valence-corrected chi connectivity index (χ4v) is 3.32. The van der Waals surface area contributed by atoms with E-state index >= 15 is 0 Å². The maximum Gasteiger partial charge on any atom is 0.326 e. The highest BCUT2D eigenvalue weighted by Gasteiger charge is 2.41. The zero-order valence-corrected chi connectivity index (χ0v) is 10.6. The monoisotopic (exact) mass is 243 g/mol. The second kappa shape index (κ2) is 3.87. The molecule has 3 heteroatoms. The van der Waals surface area contributed by atoms with E-state index in [0.29, 0.717) is 0 Å². The van der Waals surface area contributed by atoms with Gasteiger partial charge in [-0.25, -0.2) is 4.79 Å². The molecular formula is C15H17NO2. The minimum Gasteiger partial charge on any atom is -0.480 e. The van der Waals surface area contributed by atoms with Crippen molar-refractivity contribution in [2.24, 2.45) is 5.92 Å². The van der Waals surface area contributed by atoms with Gasteiger partial charge in [0.15, 0.2) is 0 Å². The smallest absolute Gasteiger partial charge is 0.326 e. The number of anilines is 1. The van der Waals surface area contributed by atoms with Crippen LogP contribution in [0.1, 0.15) is 29.0 Å². The van der Waals surface area contributed by atoms with Gasteiger partial charge in [0.25, 0.3) is 0 Å². The van der Waals surface area contributed by atoms with Crippen molar-refractivity contribution < 1.29 is 9.90 Å². The van der Waals surface area contributed by atoms with Crippen LogP contribution in [0.4, 0.5) is 5.69 Å². The first-order chi connectivity index (χ1) is 8.58. The van der Waals surface area contributed by atoms with Crippen molar-refractivity contribution in [1.82, 2.24) is 0 Å². The molecule has 0 unspecified atom stereocenters. The molecule has 3 atom stereocenters. The van der Waals surface area contributed by atoms with Gasteiger partial charge in [0.2, 0.25) is 0 Å². The number of carboxylic acids is 1. The Hall–Kier alpha value is -1.77. The van der Waals surface area contributed by atoms with Gasteiger partial charge in [0, 0.05) is 17.5 Å². The fourth-order valence-electron chi connectivity index (χ4n) is 3.32. The third-order valence-corrected chi connectivity index (χ3v) is 4.08. The Kier molecular flexibility index (Phi) is 2.44. The van der Waals surface area contributed by atoms with Crippen LogP contribution in [0.5, 0.6) is 0 Å². The van der Waals surface area contributed by atoms with Gasteiger partial charge in [-0.05, 0) is 31.4 Å². The molecular weight excluding hydrogens is 226 g/mol. The summed E-state index contributed by atoms with van der Waals surface area (Å²) in [5.74, 6) is -0.350. The van der Waals surface area contributed by atoms with Crippen LogP contribution in [-0.4, -0.2) is 17.1 Å². The lowest BCUT2D eigenvalue weighted by Gasteiger charge is -2.35. The molecule has 2 aliphatic rings. The van der Waals surface area contributed by atoms with Crippen molar-refractivity contribution in [1.29, 1.82) is 0 Å². The largest absolute Gasteiger partial charge is 0.480 e. The van der Waals surface area contributed by atoms with Crippen molar-refractivity contribution in [3.63, 3.8) is 0 Å². The summed E-state index contributed by atoms with van der Waals surface area (Å²) in [5.41, 5.74) is 4.64. The number of carbonyl (C=O) groups is 1. The first-order valence-electron chi connectivity index (χ1n) is 6.35. The minimum atomic E-state index is -0.751. The standard InChI is InChI=1S/C15H17NO2/c1-8-6-9(2)13-12(7-8)10-4-3-5-11(10)14(16-13)15(17)18/h3-4,6-7,10-11,14,16H,5H2,1-2H3,(H,17,18)/t10-,11-,14+/m0/s1. The van der Waals surface area contributed by atoms with E-state index in [1.807, 2.05) is 6.92 Å². The number of benzene rings is 1. The first-order valence-corrected chi connectivity index (χ1v) is 6.35. The third kappa shape index (κ3) is 1.54. The molecule has 18 heavy (non-hydrogen) atoms. The minimum absolute atomic E-state index is 0.149. The van der Waals surface area contributed by atoms with E-state index in [2.05, 4.69) is 36.5 Å². The Balaban J connectivity index is 2.14. The topological polar surface area (TPSA) is 49.3 Å². The van der Waals surface area contributed by atoms with Gasteiger partial charge < -0.3 is 10.4 Å². The van der Waals surface area contributed by atoms with E-state index in [0.717, 1.165) is 17.7 Å². The molecule has 3 rings (SSSR count). The van der Waals surface area contributed by atoms with E-state index in [9.17, 15) is 9.90 Å². The fraction of sp³-hybridized carbons (Fsp3) is 0.400. The number of fused-ring (bicyclic) bond motifs is 3. The first kappa shape index (κ1) is 11.3. The van der Waals surface area contributed by atoms with Gasteiger partial charge in [0.1, 0.15) is 6.04 Å². The zero-order valence-electron chi connectivity index (χ0n) is 10.6. The molecule has 0 saturated heterocycles. The summed E-state index contributed by atoms with van der Waals surface area (Å²) in [7, 11) is 0. The van der Waals surface area contributed by atoms with Crippen molar-refractivity contribution in [2.75, 3.05) is 5.32 Å². The van der Waals surface area contributed by atoms with Crippen LogP contribution in [-0.2, 0) is 4.79 Å². The number of aryl methyl sites for hydroxylation is 2. The molecule has 2 N–H and O–H groups in total. The van der Waals surface area contributed by atoms with E-state index < -0.39 is 12.0 Å². The van der Waals surface area contributed by atoms with Crippen LogP contribution < -0.4 is 5.32 Å². The number of allylic oxidation sites excluding steroid dienone is 2. The van der Waals surface area contributed by atoms with Crippen LogP contribution in [0.2, 0.25) is 0 Å². The lowest BCUT2D eigenvalue weighted by atomic mass is 9.78. The number of nitrogens with one attached hydrogen (secondary N) is 1. The van der Waals surface area contributed by atoms with Crippen molar-refractivity contribution in [3.8, 4) is 0 Å². The number of aliphatic carboxylic acids is 1. The molecule has 0 spiro atoms. The number of hydrogen-bond acceptors (Lipinski definition) is 2. The number of rotatable bonds is 1. The summed E-state index contributed by atoms with van der Waals surface area (Å²) in [6.45, 7) is 4.13. The molecule has 1 aliphatic heterocycles. The summed E-state index contributed by atoms with van der Waals surface area (Å²) < 4.78 is 0. The van der Waals surface area contributed by atoms with Gasteiger partial charge in [-0.15, -0.1) is 0 Å². The summed E-state index contributed by atoms with van der Waals surface area (Å²) >= 11 is 0. The van der Waals surface area contributed by atoms with Gasteiger partial charge in [0.05, 0.1) is 0 Å². The maximum atomic E-state index is 11.4. The Morgan fingerprint density at radius 2 is 2.17 bits per heavy atom. The maximum absolute atomic E-state index is 11.4. The van der Waals surface area contributed by atoms with E-state index in [1.165, 1.54) is 11.1 Å². The third-order valence-electron chi connectivity index (χ3n) is 4.08. The van der Waals surface area contributed by atoms with Crippen LogP contribution >= 0.6 is 0 Å². The molecule has 1 aromatic carbocycles. The molecule has 1 aromatic rings. The Morgan fingerprint density at radius 1 is 1.39 bits per heavy atom. The SMILES string of the molecule is Cc1cc(C)c2c(c1)[C@H]1C=CC[C@@H]1[C@H](C(=O)O)N2. The molecule has 94 valence electrons. The summed E-state index contributed by atoms with van der Waals surface area (Å²) in [4.78, 5) is 11.4. The quantitative estimate of drug-likeness (QED) is 0.746. The highest BCUT2D eigenvalue weighted by atomic mass is 16.4. The average molecular weight is 243 g/mol. The highest BCUT2D eigenvalue weighted by Crippen LogP contribution is 2.45. The number of carboxylic acid groups (broad SMARTS) is 1. The van der Waals surface area contributed by atoms with Gasteiger partial charge in [-0.1, -0.05) is 29.8 Å². The van der Waals surface area contributed by atoms with Crippen molar-refractivity contribution in [3.05, 3.63) is 41.0 Å². The average Bonchev–Trinajstić information content (AvgIpc) is 2.76. The van der Waals surface area contributed by atoms with Crippen molar-refractivity contribution in [2.45, 2.75) is 32.2 Å². The Bertz CT molecular complexity index is 548. The van der Waals surface area contributed by atoms with Gasteiger partial charge in [-0.3, -0.25) is 0 Å². The summed E-state index contributed by atoms with van der Waals surface area (Å²) in [5, 5.41) is 12.6. The normalized spacial score (nSPS) is 28.4. The molecule has 0 aromatic heterocycles. The molecule has 0 bridgehead atoms.